The van der Waals surface area contributed by atoms with Gasteiger partial charge in [0, 0.05) is 20.2 Å². The highest BCUT2D eigenvalue weighted by molar-refractivity contribution is 5.62. The molecule has 0 heterocycles. The van der Waals surface area contributed by atoms with Gasteiger partial charge >= 0.3 is 0 Å². The van der Waals surface area contributed by atoms with Crippen molar-refractivity contribution in [2.75, 3.05) is 19.0 Å². The van der Waals surface area contributed by atoms with Gasteiger partial charge in [-0.1, -0.05) is 0 Å². The van der Waals surface area contributed by atoms with Crippen molar-refractivity contribution >= 4 is 11.4 Å². The van der Waals surface area contributed by atoms with Crippen molar-refractivity contribution in [2.24, 2.45) is 0 Å². The highest BCUT2D eigenvalue weighted by Crippen LogP contribution is 2.28. The van der Waals surface area contributed by atoms with Crippen molar-refractivity contribution in [3.8, 4) is 0 Å². The standard InChI is InChI=1S/C8H8F2N2O2/c1-11(2)7-3-5(9)6(10)4-8(7)12(13)14/h3-4H,1-2H3. The third kappa shape index (κ3) is 1.78. The second kappa shape index (κ2) is 3.57. The topological polar surface area (TPSA) is 46.4 Å². The SMILES string of the molecule is CN(C)c1cc(F)c(F)cc1[N+](=O)[O-]. The van der Waals surface area contributed by atoms with E-state index in [0.29, 0.717) is 6.07 Å². The Bertz CT molecular complexity index is 380. The Morgan fingerprint density at radius 1 is 1.29 bits per heavy atom. The third-order valence-corrected chi connectivity index (χ3v) is 1.70. The van der Waals surface area contributed by atoms with E-state index in [1.165, 1.54) is 19.0 Å². The zero-order valence-electron chi connectivity index (χ0n) is 7.62. The summed E-state index contributed by atoms with van der Waals surface area (Å²) < 4.78 is 25.4. The van der Waals surface area contributed by atoms with Gasteiger partial charge in [-0.05, 0) is 0 Å². The molecular weight excluding hydrogens is 194 g/mol. The van der Waals surface area contributed by atoms with Gasteiger partial charge in [-0.2, -0.15) is 0 Å². The summed E-state index contributed by atoms with van der Waals surface area (Å²) >= 11 is 0. The summed E-state index contributed by atoms with van der Waals surface area (Å²) in [5, 5.41) is 10.5. The lowest BCUT2D eigenvalue weighted by Crippen LogP contribution is -2.11. The molecule has 1 aromatic carbocycles. The van der Waals surface area contributed by atoms with Crippen molar-refractivity contribution < 1.29 is 13.7 Å². The van der Waals surface area contributed by atoms with E-state index in [-0.39, 0.29) is 5.69 Å². The summed E-state index contributed by atoms with van der Waals surface area (Å²) in [4.78, 5) is 11.1. The van der Waals surface area contributed by atoms with Crippen LogP contribution < -0.4 is 4.90 Å². The number of hydrogen-bond donors (Lipinski definition) is 0. The van der Waals surface area contributed by atoms with Gasteiger partial charge in [0.05, 0.1) is 11.0 Å². The molecule has 0 aliphatic carbocycles. The molecule has 1 rings (SSSR count). The molecule has 0 unspecified atom stereocenters. The van der Waals surface area contributed by atoms with Gasteiger partial charge in [0.15, 0.2) is 11.6 Å². The van der Waals surface area contributed by atoms with Crippen LogP contribution in [-0.4, -0.2) is 19.0 Å². The van der Waals surface area contributed by atoms with Gasteiger partial charge in [-0.15, -0.1) is 0 Å². The van der Waals surface area contributed by atoms with Gasteiger partial charge in [-0.3, -0.25) is 10.1 Å². The number of nitro benzene ring substituents is 1. The van der Waals surface area contributed by atoms with Crippen molar-refractivity contribution in [3.05, 3.63) is 33.9 Å². The van der Waals surface area contributed by atoms with Crippen LogP contribution in [0.1, 0.15) is 0 Å². The zero-order valence-corrected chi connectivity index (χ0v) is 7.62. The molecule has 0 aromatic heterocycles. The van der Waals surface area contributed by atoms with Crippen LogP contribution in [0.3, 0.4) is 0 Å². The fraction of sp³-hybridized carbons (Fsp3) is 0.250. The summed E-state index contributed by atoms with van der Waals surface area (Å²) in [5.41, 5.74) is -0.414. The Morgan fingerprint density at radius 3 is 2.21 bits per heavy atom. The molecule has 76 valence electrons. The lowest BCUT2D eigenvalue weighted by atomic mass is 10.2. The quantitative estimate of drug-likeness (QED) is 0.543. The summed E-state index contributed by atoms with van der Waals surface area (Å²) in [6.07, 6.45) is 0. The van der Waals surface area contributed by atoms with Gasteiger partial charge in [0.25, 0.3) is 5.69 Å². The fourth-order valence-corrected chi connectivity index (χ4v) is 1.03. The van der Waals surface area contributed by atoms with E-state index in [1.54, 1.807) is 0 Å². The van der Waals surface area contributed by atoms with E-state index >= 15 is 0 Å². The molecule has 0 fully saturated rings. The lowest BCUT2D eigenvalue weighted by molar-refractivity contribution is -0.384. The summed E-state index contributed by atoms with van der Waals surface area (Å²) in [5.74, 6) is -2.32. The second-order valence-corrected chi connectivity index (χ2v) is 2.91. The second-order valence-electron chi connectivity index (χ2n) is 2.91. The predicted octanol–water partition coefficient (Wildman–Crippen LogP) is 1.94. The van der Waals surface area contributed by atoms with Gasteiger partial charge in [0.1, 0.15) is 5.69 Å². The normalized spacial score (nSPS) is 10.0. The van der Waals surface area contributed by atoms with E-state index in [9.17, 15) is 18.9 Å². The first-order valence-corrected chi connectivity index (χ1v) is 3.74. The maximum Gasteiger partial charge on any atom is 0.295 e. The zero-order chi connectivity index (χ0) is 10.9. The first-order chi connectivity index (χ1) is 6.43. The third-order valence-electron chi connectivity index (χ3n) is 1.70. The molecule has 0 bridgehead atoms. The van der Waals surface area contributed by atoms with Crippen LogP contribution in [0, 0.1) is 21.7 Å². The minimum Gasteiger partial charge on any atom is -0.372 e. The molecule has 0 saturated carbocycles. The largest absolute Gasteiger partial charge is 0.372 e. The van der Waals surface area contributed by atoms with Gasteiger partial charge in [-0.25, -0.2) is 8.78 Å². The van der Waals surface area contributed by atoms with Crippen LogP contribution in [0.5, 0.6) is 0 Å². The highest BCUT2D eigenvalue weighted by atomic mass is 19.2. The average Bonchev–Trinajstić information content (AvgIpc) is 2.08. The molecule has 0 amide bonds. The fourth-order valence-electron chi connectivity index (χ4n) is 1.03. The summed E-state index contributed by atoms with van der Waals surface area (Å²) in [6, 6.07) is 1.37. The number of rotatable bonds is 2. The van der Waals surface area contributed by atoms with Crippen LogP contribution in [0.15, 0.2) is 12.1 Å². The number of nitrogens with zero attached hydrogens (tertiary/aromatic N) is 2. The Hall–Kier alpha value is -1.72. The number of halogens is 2. The maximum absolute atomic E-state index is 12.8. The highest BCUT2D eigenvalue weighted by Gasteiger charge is 2.19. The van der Waals surface area contributed by atoms with Gasteiger partial charge in [0.2, 0.25) is 0 Å². The monoisotopic (exact) mass is 202 g/mol. The lowest BCUT2D eigenvalue weighted by Gasteiger charge is -2.12. The number of benzene rings is 1. The molecule has 0 atom stereocenters. The van der Waals surface area contributed by atoms with Crippen LogP contribution >= 0.6 is 0 Å². The minimum atomic E-state index is -1.22. The molecule has 0 radical (unpaired) electrons. The van der Waals surface area contributed by atoms with E-state index < -0.39 is 22.2 Å². The Labute approximate surface area is 78.9 Å². The van der Waals surface area contributed by atoms with E-state index in [1.807, 2.05) is 0 Å². The summed E-state index contributed by atoms with van der Waals surface area (Å²) in [6.45, 7) is 0. The molecule has 0 aliphatic heterocycles. The molecule has 0 spiro atoms. The first-order valence-electron chi connectivity index (χ1n) is 3.74. The Morgan fingerprint density at radius 2 is 1.79 bits per heavy atom. The molecule has 4 nitrogen and oxygen atoms in total. The van der Waals surface area contributed by atoms with Crippen LogP contribution in [0.2, 0.25) is 0 Å². The first kappa shape index (κ1) is 10.4. The predicted molar refractivity (Wildman–Crippen MR) is 47.3 cm³/mol. The van der Waals surface area contributed by atoms with Crippen LogP contribution in [0.4, 0.5) is 20.2 Å². The van der Waals surface area contributed by atoms with Crippen molar-refractivity contribution in [2.45, 2.75) is 0 Å². The Kier molecular flexibility index (Phi) is 2.64. The van der Waals surface area contributed by atoms with Crippen molar-refractivity contribution in [1.29, 1.82) is 0 Å². The maximum atomic E-state index is 12.8. The molecule has 0 saturated heterocycles. The molecule has 0 N–H and O–H groups in total. The summed E-state index contributed by atoms with van der Waals surface area (Å²) in [7, 11) is 3.03. The number of nitro groups is 1. The smallest absolute Gasteiger partial charge is 0.295 e. The molecule has 14 heavy (non-hydrogen) atoms. The van der Waals surface area contributed by atoms with E-state index in [0.717, 1.165) is 6.07 Å². The Balaban J connectivity index is 3.39. The van der Waals surface area contributed by atoms with E-state index in [4.69, 9.17) is 0 Å². The number of hydrogen-bond acceptors (Lipinski definition) is 3. The molecule has 0 aliphatic rings. The molecule has 1 aromatic rings. The van der Waals surface area contributed by atoms with Crippen LogP contribution in [-0.2, 0) is 0 Å². The van der Waals surface area contributed by atoms with Crippen molar-refractivity contribution in [1.82, 2.24) is 0 Å². The molecular formula is C8H8F2N2O2. The van der Waals surface area contributed by atoms with Gasteiger partial charge < -0.3 is 4.90 Å². The molecule has 6 heteroatoms. The van der Waals surface area contributed by atoms with Crippen molar-refractivity contribution in [3.63, 3.8) is 0 Å². The van der Waals surface area contributed by atoms with E-state index in [2.05, 4.69) is 0 Å². The van der Waals surface area contributed by atoms with Crippen LogP contribution in [0.25, 0.3) is 0 Å². The number of anilines is 1. The average molecular weight is 202 g/mol. The minimum absolute atomic E-state index is 0.0360.